The lowest BCUT2D eigenvalue weighted by Crippen LogP contribution is -2.37. The number of benzene rings is 2. The van der Waals surface area contributed by atoms with Crippen LogP contribution in [0.3, 0.4) is 0 Å². The molecule has 0 aliphatic carbocycles. The molecule has 3 aromatic rings. The van der Waals surface area contributed by atoms with E-state index in [1.165, 1.54) is 4.57 Å². The lowest BCUT2D eigenvalue weighted by Gasteiger charge is -2.17. The molecule has 0 atom stereocenters. The molecule has 0 fully saturated rings. The van der Waals surface area contributed by atoms with Crippen LogP contribution < -0.4 is 10.9 Å². The number of nitrogens with zero attached hydrogens (tertiary/aromatic N) is 2. The Morgan fingerprint density at radius 2 is 1.74 bits per heavy atom. The Hall–Kier alpha value is -2.69. The molecule has 0 bridgehead atoms. The van der Waals surface area contributed by atoms with Crippen molar-refractivity contribution in [2.75, 3.05) is 6.54 Å². The molecule has 0 aliphatic rings. The molecule has 0 radical (unpaired) electrons. The van der Waals surface area contributed by atoms with E-state index in [0.717, 1.165) is 0 Å². The molecule has 2 aromatic carbocycles. The molecule has 31 heavy (non-hydrogen) atoms. The second-order valence-electron chi connectivity index (χ2n) is 6.29. The van der Waals surface area contributed by atoms with Gasteiger partial charge in [0, 0.05) is 19.5 Å². The number of carboxylic acid groups (broad SMARTS) is 1. The lowest BCUT2D eigenvalue weighted by atomic mass is 10.1. The zero-order chi connectivity index (χ0) is 22.7. The highest BCUT2D eigenvalue weighted by atomic mass is 79.9. The van der Waals surface area contributed by atoms with E-state index >= 15 is 0 Å². The quantitative estimate of drug-likeness (QED) is 0.415. The third-order valence-corrected chi connectivity index (χ3v) is 5.94. The third kappa shape index (κ3) is 4.97. The zero-order valence-corrected chi connectivity index (χ0v) is 19.5. The van der Waals surface area contributed by atoms with E-state index in [1.54, 1.807) is 42.5 Å². The first-order valence-corrected chi connectivity index (χ1v) is 10.7. The summed E-state index contributed by atoms with van der Waals surface area (Å²) in [5, 5.41) is 21.7. The second-order valence-corrected chi connectivity index (χ2v) is 8.41. The van der Waals surface area contributed by atoms with Crippen molar-refractivity contribution in [1.82, 2.24) is 14.9 Å². The Balaban J connectivity index is 2.26. The van der Waals surface area contributed by atoms with Crippen molar-refractivity contribution in [3.63, 3.8) is 0 Å². The van der Waals surface area contributed by atoms with Gasteiger partial charge >= 0.3 is 5.97 Å². The number of aromatic nitrogens is 2. The van der Waals surface area contributed by atoms with Gasteiger partial charge in [-0.1, -0.05) is 35.9 Å². The van der Waals surface area contributed by atoms with Crippen LogP contribution in [0.15, 0.2) is 56.2 Å². The maximum Gasteiger partial charge on any atom is 0.322 e. The summed E-state index contributed by atoms with van der Waals surface area (Å²) >= 11 is 13.1. The summed E-state index contributed by atoms with van der Waals surface area (Å²) in [5.74, 6) is -3.09. The molecular formula is C20H14Br2ClN3O5. The van der Waals surface area contributed by atoms with Crippen LogP contribution >= 0.6 is 43.5 Å². The van der Waals surface area contributed by atoms with Gasteiger partial charge in [0.1, 0.15) is 12.4 Å². The lowest BCUT2D eigenvalue weighted by molar-refractivity contribution is -0.135. The van der Waals surface area contributed by atoms with Gasteiger partial charge in [-0.15, -0.1) is 0 Å². The highest BCUT2D eigenvalue weighted by molar-refractivity contribution is 9.11. The minimum Gasteiger partial charge on any atom is -0.493 e. The van der Waals surface area contributed by atoms with Crippen LogP contribution in [-0.4, -0.2) is 38.2 Å². The Morgan fingerprint density at radius 3 is 2.35 bits per heavy atom. The molecule has 0 aliphatic heterocycles. The number of rotatable bonds is 6. The molecule has 11 heteroatoms. The number of carbonyl (C=O) groups is 2. The number of nitrogens with one attached hydrogen (secondary N) is 1. The fraction of sp³-hybridized carbons (Fsp3) is 0.100. The van der Waals surface area contributed by atoms with Crippen LogP contribution in [0.5, 0.6) is 5.88 Å². The van der Waals surface area contributed by atoms with Crippen molar-refractivity contribution in [3.05, 3.63) is 77.9 Å². The first-order valence-electron chi connectivity index (χ1n) is 8.72. The topological polar surface area (TPSA) is 122 Å². The smallest absolute Gasteiger partial charge is 0.322 e. The Kier molecular flexibility index (Phi) is 7.14. The SMILES string of the molecule is O=C(O)CNC(=O)c1c(O)nc(-c2c(Br)cccc2Br)n(Cc2ccccc2Cl)c1=O. The maximum absolute atomic E-state index is 13.3. The number of halogens is 3. The molecule has 3 N–H and O–H groups in total. The molecule has 0 saturated carbocycles. The Bertz CT molecular complexity index is 1230. The molecule has 0 unspecified atom stereocenters. The highest BCUT2D eigenvalue weighted by Crippen LogP contribution is 2.35. The summed E-state index contributed by atoms with van der Waals surface area (Å²) in [6.07, 6.45) is 0. The molecule has 1 amide bonds. The van der Waals surface area contributed by atoms with Gasteiger partial charge in [0.25, 0.3) is 11.5 Å². The van der Waals surface area contributed by atoms with E-state index in [4.69, 9.17) is 16.7 Å². The molecule has 1 aromatic heterocycles. The van der Waals surface area contributed by atoms with Crippen LogP contribution in [-0.2, 0) is 11.3 Å². The van der Waals surface area contributed by atoms with E-state index in [2.05, 4.69) is 42.2 Å². The normalized spacial score (nSPS) is 10.7. The standard InChI is InChI=1S/C20H14Br2ClN3O5/c21-11-5-3-6-12(22)15(11)17-25-19(30)16(18(29)24-8-14(27)28)20(31)26(17)9-10-4-1-2-7-13(10)23/h1-7,30H,8-9H2,(H,24,29)(H,27,28). The minimum atomic E-state index is -1.30. The van der Waals surface area contributed by atoms with Gasteiger partial charge in [0.15, 0.2) is 5.56 Å². The number of hydrogen-bond acceptors (Lipinski definition) is 5. The summed E-state index contributed by atoms with van der Waals surface area (Å²) in [5.41, 5.74) is -0.465. The zero-order valence-electron chi connectivity index (χ0n) is 15.6. The van der Waals surface area contributed by atoms with Crippen molar-refractivity contribution in [3.8, 4) is 17.3 Å². The molecule has 8 nitrogen and oxygen atoms in total. The fourth-order valence-corrected chi connectivity index (χ4v) is 4.38. The van der Waals surface area contributed by atoms with Gasteiger partial charge < -0.3 is 15.5 Å². The molecule has 1 heterocycles. The van der Waals surface area contributed by atoms with Crippen LogP contribution in [0.25, 0.3) is 11.4 Å². The Morgan fingerprint density at radius 1 is 1.10 bits per heavy atom. The summed E-state index contributed by atoms with van der Waals surface area (Å²) in [6, 6.07) is 12.1. The maximum atomic E-state index is 13.3. The van der Waals surface area contributed by atoms with E-state index in [9.17, 15) is 19.5 Å². The summed E-state index contributed by atoms with van der Waals surface area (Å²) < 4.78 is 2.37. The average molecular weight is 572 g/mol. The minimum absolute atomic E-state index is 0.0475. The predicted molar refractivity (Wildman–Crippen MR) is 122 cm³/mol. The number of aromatic hydroxyl groups is 1. The third-order valence-electron chi connectivity index (χ3n) is 4.25. The van der Waals surface area contributed by atoms with Gasteiger partial charge in [-0.3, -0.25) is 19.0 Å². The van der Waals surface area contributed by atoms with E-state index in [0.29, 0.717) is 25.1 Å². The second kappa shape index (κ2) is 9.63. The van der Waals surface area contributed by atoms with E-state index < -0.39 is 35.4 Å². The van der Waals surface area contributed by atoms with Gasteiger partial charge in [-0.2, -0.15) is 4.98 Å². The van der Waals surface area contributed by atoms with E-state index in [-0.39, 0.29) is 12.4 Å². The van der Waals surface area contributed by atoms with Crippen LogP contribution in [0.2, 0.25) is 5.02 Å². The van der Waals surface area contributed by atoms with Crippen molar-refractivity contribution in [2.45, 2.75) is 6.54 Å². The van der Waals surface area contributed by atoms with Crippen LogP contribution in [0, 0.1) is 0 Å². The van der Waals surface area contributed by atoms with Gasteiger partial charge in [0.2, 0.25) is 5.88 Å². The van der Waals surface area contributed by atoms with Gasteiger partial charge in [-0.05, 0) is 55.6 Å². The first kappa shape index (κ1) is 23.0. The number of hydrogen-bond donors (Lipinski definition) is 3. The largest absolute Gasteiger partial charge is 0.493 e. The molecule has 0 saturated heterocycles. The van der Waals surface area contributed by atoms with Gasteiger partial charge in [-0.25, -0.2) is 0 Å². The number of carbonyl (C=O) groups excluding carboxylic acids is 1. The first-order chi connectivity index (χ1) is 14.7. The molecule has 160 valence electrons. The van der Waals surface area contributed by atoms with Crippen molar-refractivity contribution >= 4 is 55.3 Å². The summed E-state index contributed by atoms with van der Waals surface area (Å²) in [7, 11) is 0. The molecular weight excluding hydrogens is 557 g/mol. The molecule has 0 spiro atoms. The summed E-state index contributed by atoms with van der Waals surface area (Å²) in [6.45, 7) is -0.770. The molecule has 3 rings (SSSR count). The van der Waals surface area contributed by atoms with Crippen molar-refractivity contribution in [2.24, 2.45) is 0 Å². The van der Waals surface area contributed by atoms with E-state index in [1.807, 2.05) is 0 Å². The fourth-order valence-electron chi connectivity index (χ4n) is 2.83. The van der Waals surface area contributed by atoms with Crippen LogP contribution in [0.4, 0.5) is 0 Å². The number of carboxylic acids is 1. The van der Waals surface area contributed by atoms with Gasteiger partial charge in [0.05, 0.1) is 6.54 Å². The number of aliphatic carboxylic acids is 1. The Labute approximate surface area is 197 Å². The van der Waals surface area contributed by atoms with Crippen molar-refractivity contribution in [1.29, 1.82) is 0 Å². The average Bonchev–Trinajstić information content (AvgIpc) is 2.70. The number of amides is 1. The predicted octanol–water partition coefficient (Wildman–Crippen LogP) is 3.66. The highest BCUT2D eigenvalue weighted by Gasteiger charge is 2.25. The van der Waals surface area contributed by atoms with Crippen molar-refractivity contribution < 1.29 is 19.8 Å². The van der Waals surface area contributed by atoms with Crippen LogP contribution in [0.1, 0.15) is 15.9 Å². The summed E-state index contributed by atoms with van der Waals surface area (Å²) in [4.78, 5) is 40.6. The monoisotopic (exact) mass is 569 g/mol.